The maximum absolute atomic E-state index is 4.54. The molecule has 0 amide bonds. The van der Waals surface area contributed by atoms with Crippen LogP contribution in [-0.2, 0) is 0 Å². The van der Waals surface area contributed by atoms with Gasteiger partial charge in [0, 0.05) is 43.1 Å². The molecule has 1 aromatic carbocycles. The van der Waals surface area contributed by atoms with Crippen LogP contribution in [0.25, 0.3) is 11.3 Å². The van der Waals surface area contributed by atoms with E-state index in [1.807, 2.05) is 19.1 Å². The Bertz CT molecular complexity index is 569. The minimum absolute atomic E-state index is 0.995. The summed E-state index contributed by atoms with van der Waals surface area (Å²) >= 11 is 0. The number of hydrogen-bond acceptors (Lipinski definition) is 3. The van der Waals surface area contributed by atoms with Gasteiger partial charge < -0.3 is 9.80 Å². The highest BCUT2D eigenvalue weighted by Crippen LogP contribution is 2.22. The number of anilines is 1. The molecule has 3 nitrogen and oxygen atoms in total. The van der Waals surface area contributed by atoms with E-state index in [0.29, 0.717) is 0 Å². The maximum Gasteiger partial charge on any atom is 0.0711 e. The number of likely N-dealkylation sites (N-methyl/N-ethyl adjacent to an activating group) is 1. The van der Waals surface area contributed by atoms with Gasteiger partial charge in [0.25, 0.3) is 0 Å². The number of benzene rings is 1. The number of piperazine rings is 1. The third kappa shape index (κ3) is 2.83. The second-order valence-electron chi connectivity index (χ2n) is 5.43. The van der Waals surface area contributed by atoms with Gasteiger partial charge in [-0.3, -0.25) is 4.98 Å². The molecule has 2 aromatic rings. The second-order valence-corrected chi connectivity index (χ2v) is 5.43. The highest BCUT2D eigenvalue weighted by molar-refractivity contribution is 5.63. The average molecular weight is 266 g/mol. The zero-order valence-corrected chi connectivity index (χ0v) is 12.1. The van der Waals surface area contributed by atoms with E-state index in [4.69, 9.17) is 0 Å². The number of nitrogens with zero attached hydrogens (tertiary/aromatic N) is 3. The van der Waals surface area contributed by atoms with E-state index >= 15 is 0 Å². The molecule has 0 aliphatic carbocycles. The van der Waals surface area contributed by atoms with Crippen molar-refractivity contribution in [3.05, 3.63) is 48.2 Å². The SMILES string of the molecule is Cc1c[c]cc(-c2ccc(N3CCN(C)CC3)cc2)n1. The van der Waals surface area contributed by atoms with Crippen molar-refractivity contribution in [2.45, 2.75) is 6.92 Å². The molecule has 1 aliphatic rings. The Kier molecular flexibility index (Phi) is 3.70. The van der Waals surface area contributed by atoms with Gasteiger partial charge in [0.2, 0.25) is 0 Å². The summed E-state index contributed by atoms with van der Waals surface area (Å²) in [6.45, 7) is 6.48. The average Bonchev–Trinajstić information content (AvgIpc) is 2.48. The van der Waals surface area contributed by atoms with Crippen molar-refractivity contribution in [3.63, 3.8) is 0 Å². The summed E-state index contributed by atoms with van der Waals surface area (Å²) in [6, 6.07) is 15.7. The highest BCUT2D eigenvalue weighted by Gasteiger charge is 2.14. The molecule has 0 unspecified atom stereocenters. The largest absolute Gasteiger partial charge is 0.369 e. The number of hydrogen-bond donors (Lipinski definition) is 0. The Morgan fingerprint density at radius 3 is 2.35 bits per heavy atom. The maximum atomic E-state index is 4.54. The van der Waals surface area contributed by atoms with Crippen LogP contribution in [0.4, 0.5) is 5.69 Å². The molecule has 1 radical (unpaired) electrons. The lowest BCUT2D eigenvalue weighted by Gasteiger charge is -2.34. The molecule has 0 atom stereocenters. The van der Waals surface area contributed by atoms with Crippen molar-refractivity contribution in [3.8, 4) is 11.3 Å². The Labute approximate surface area is 120 Å². The van der Waals surface area contributed by atoms with Gasteiger partial charge in [0.05, 0.1) is 5.69 Å². The van der Waals surface area contributed by atoms with E-state index in [1.54, 1.807) is 0 Å². The molecule has 1 aliphatic heterocycles. The van der Waals surface area contributed by atoms with Crippen LogP contribution in [0.3, 0.4) is 0 Å². The van der Waals surface area contributed by atoms with Gasteiger partial charge in [-0.25, -0.2) is 0 Å². The Balaban J connectivity index is 1.78. The number of pyridine rings is 1. The van der Waals surface area contributed by atoms with Gasteiger partial charge in [-0.05, 0) is 44.3 Å². The monoisotopic (exact) mass is 266 g/mol. The van der Waals surface area contributed by atoms with Crippen molar-refractivity contribution in [1.82, 2.24) is 9.88 Å². The number of aryl methyl sites for hydroxylation is 1. The van der Waals surface area contributed by atoms with Crippen molar-refractivity contribution in [2.75, 3.05) is 38.1 Å². The third-order valence-electron chi connectivity index (χ3n) is 3.84. The minimum atomic E-state index is 0.995. The summed E-state index contributed by atoms with van der Waals surface area (Å²) in [7, 11) is 2.18. The molecule has 0 spiro atoms. The second kappa shape index (κ2) is 5.63. The van der Waals surface area contributed by atoms with Crippen LogP contribution >= 0.6 is 0 Å². The van der Waals surface area contributed by atoms with Crippen molar-refractivity contribution < 1.29 is 0 Å². The van der Waals surface area contributed by atoms with E-state index in [-0.39, 0.29) is 0 Å². The first kappa shape index (κ1) is 13.1. The van der Waals surface area contributed by atoms with Crippen LogP contribution < -0.4 is 4.90 Å². The molecule has 0 saturated carbocycles. The fourth-order valence-electron chi connectivity index (χ4n) is 2.55. The van der Waals surface area contributed by atoms with Crippen LogP contribution in [0.15, 0.2) is 36.4 Å². The summed E-state index contributed by atoms with van der Waals surface area (Å²) < 4.78 is 0. The predicted molar refractivity (Wildman–Crippen MR) is 83.0 cm³/mol. The van der Waals surface area contributed by atoms with E-state index < -0.39 is 0 Å². The predicted octanol–water partition coefficient (Wildman–Crippen LogP) is 2.61. The van der Waals surface area contributed by atoms with Crippen LogP contribution in [0, 0.1) is 13.0 Å². The van der Waals surface area contributed by atoms with Gasteiger partial charge in [0.1, 0.15) is 0 Å². The molecule has 1 saturated heterocycles. The van der Waals surface area contributed by atoms with E-state index in [0.717, 1.165) is 43.1 Å². The van der Waals surface area contributed by atoms with Gasteiger partial charge in [-0.2, -0.15) is 0 Å². The van der Waals surface area contributed by atoms with E-state index in [1.165, 1.54) is 5.69 Å². The molecule has 1 aromatic heterocycles. The standard InChI is InChI=1S/C17H20N3/c1-14-4-3-5-17(18-14)15-6-8-16(9-7-15)20-12-10-19(2)11-13-20/h4-9H,10-13H2,1-2H3. The zero-order valence-electron chi connectivity index (χ0n) is 12.1. The quantitative estimate of drug-likeness (QED) is 0.833. The highest BCUT2D eigenvalue weighted by atomic mass is 15.2. The summed E-state index contributed by atoms with van der Waals surface area (Å²) in [5.74, 6) is 0. The Morgan fingerprint density at radius 1 is 1.00 bits per heavy atom. The molecule has 3 heteroatoms. The first-order chi connectivity index (χ1) is 9.72. The normalized spacial score (nSPS) is 16.4. The first-order valence-corrected chi connectivity index (χ1v) is 7.11. The van der Waals surface area contributed by atoms with Crippen LogP contribution in [0.2, 0.25) is 0 Å². The van der Waals surface area contributed by atoms with Crippen LogP contribution in [0.5, 0.6) is 0 Å². The minimum Gasteiger partial charge on any atom is -0.369 e. The summed E-state index contributed by atoms with van der Waals surface area (Å²) in [4.78, 5) is 9.36. The molecule has 20 heavy (non-hydrogen) atoms. The van der Waals surface area contributed by atoms with Crippen LogP contribution in [-0.4, -0.2) is 43.1 Å². The molecule has 0 N–H and O–H groups in total. The first-order valence-electron chi connectivity index (χ1n) is 7.11. The van der Waals surface area contributed by atoms with E-state index in [9.17, 15) is 0 Å². The smallest absolute Gasteiger partial charge is 0.0711 e. The summed E-state index contributed by atoms with van der Waals surface area (Å²) in [5, 5.41) is 0. The molecule has 2 heterocycles. The van der Waals surface area contributed by atoms with Crippen molar-refractivity contribution in [2.24, 2.45) is 0 Å². The number of rotatable bonds is 2. The van der Waals surface area contributed by atoms with Gasteiger partial charge in [-0.15, -0.1) is 0 Å². The molecule has 3 rings (SSSR count). The number of aromatic nitrogens is 1. The van der Waals surface area contributed by atoms with E-state index in [2.05, 4.69) is 52.2 Å². The Morgan fingerprint density at radius 2 is 1.70 bits per heavy atom. The molecular weight excluding hydrogens is 246 g/mol. The van der Waals surface area contributed by atoms with Gasteiger partial charge >= 0.3 is 0 Å². The van der Waals surface area contributed by atoms with Gasteiger partial charge in [0.15, 0.2) is 0 Å². The third-order valence-corrected chi connectivity index (χ3v) is 3.84. The fraction of sp³-hybridized carbons (Fsp3) is 0.353. The fourth-order valence-corrected chi connectivity index (χ4v) is 2.55. The zero-order chi connectivity index (χ0) is 13.9. The Hall–Kier alpha value is -1.87. The molecule has 0 bridgehead atoms. The van der Waals surface area contributed by atoms with Crippen molar-refractivity contribution >= 4 is 5.69 Å². The summed E-state index contributed by atoms with van der Waals surface area (Å²) in [5.41, 5.74) is 4.46. The van der Waals surface area contributed by atoms with Gasteiger partial charge in [-0.1, -0.05) is 12.1 Å². The lowest BCUT2D eigenvalue weighted by atomic mass is 10.1. The van der Waals surface area contributed by atoms with Crippen LogP contribution in [0.1, 0.15) is 5.69 Å². The molecular formula is C17H20N3. The molecule has 1 fully saturated rings. The lowest BCUT2D eigenvalue weighted by molar-refractivity contribution is 0.313. The topological polar surface area (TPSA) is 19.4 Å². The van der Waals surface area contributed by atoms with Crippen molar-refractivity contribution in [1.29, 1.82) is 0 Å². The molecule has 103 valence electrons. The lowest BCUT2D eigenvalue weighted by Crippen LogP contribution is -2.44. The summed E-state index contributed by atoms with van der Waals surface area (Å²) in [6.07, 6.45) is 0.